The number of carbonyl (C=O) groups excluding carboxylic acids is 1. The molecule has 0 bridgehead atoms. The van der Waals surface area contributed by atoms with Crippen LogP contribution in [0.15, 0.2) is 66.7 Å². The van der Waals surface area contributed by atoms with Crippen molar-refractivity contribution < 1.29 is 9.53 Å². The topological polar surface area (TPSA) is 76.1 Å². The zero-order chi connectivity index (χ0) is 18.4. The number of hydrogen-bond donors (Lipinski definition) is 2. The van der Waals surface area contributed by atoms with E-state index in [4.69, 9.17) is 4.74 Å². The maximum atomic E-state index is 12.3. The second-order valence-corrected chi connectivity index (χ2v) is 5.94. The highest BCUT2D eigenvalue weighted by atomic mass is 16.5. The first kappa shape index (κ1) is 17.4. The Morgan fingerprint density at radius 3 is 2.23 bits per heavy atom. The van der Waals surface area contributed by atoms with Crippen LogP contribution in [0.4, 0.5) is 17.2 Å². The molecule has 0 radical (unpaired) electrons. The van der Waals surface area contributed by atoms with Crippen LogP contribution in [0.2, 0.25) is 0 Å². The van der Waals surface area contributed by atoms with Crippen LogP contribution in [0.3, 0.4) is 0 Å². The van der Waals surface area contributed by atoms with Gasteiger partial charge in [-0.1, -0.05) is 18.2 Å². The number of ether oxygens (including phenoxy) is 1. The standard InChI is InChI=1S/C20H20N4O2/c1-14(2)26-17-10-8-16(9-11-17)22-20(25)18-12-13-19(24-23-18)21-15-6-4-3-5-7-15/h3-14H,1-2H3,(H,21,24)(H,22,25). The van der Waals surface area contributed by atoms with Crippen molar-refractivity contribution in [3.63, 3.8) is 0 Å². The van der Waals surface area contributed by atoms with Crippen LogP contribution in [0.25, 0.3) is 0 Å². The Morgan fingerprint density at radius 1 is 0.885 bits per heavy atom. The van der Waals surface area contributed by atoms with Crippen LogP contribution < -0.4 is 15.4 Å². The number of aromatic nitrogens is 2. The van der Waals surface area contributed by atoms with Crippen LogP contribution >= 0.6 is 0 Å². The van der Waals surface area contributed by atoms with Gasteiger partial charge in [-0.25, -0.2) is 0 Å². The van der Waals surface area contributed by atoms with E-state index in [2.05, 4.69) is 20.8 Å². The van der Waals surface area contributed by atoms with Gasteiger partial charge in [-0.05, 0) is 62.4 Å². The normalized spacial score (nSPS) is 10.4. The number of anilines is 3. The highest BCUT2D eigenvalue weighted by Crippen LogP contribution is 2.18. The monoisotopic (exact) mass is 348 g/mol. The molecule has 0 fully saturated rings. The van der Waals surface area contributed by atoms with Gasteiger partial charge >= 0.3 is 0 Å². The van der Waals surface area contributed by atoms with Crippen LogP contribution in [-0.4, -0.2) is 22.2 Å². The maximum Gasteiger partial charge on any atom is 0.276 e. The summed E-state index contributed by atoms with van der Waals surface area (Å²) < 4.78 is 5.58. The van der Waals surface area contributed by atoms with Gasteiger partial charge in [0, 0.05) is 11.4 Å². The number of hydrogen-bond acceptors (Lipinski definition) is 5. The Hall–Kier alpha value is -3.41. The molecule has 6 heteroatoms. The lowest BCUT2D eigenvalue weighted by atomic mass is 10.2. The summed E-state index contributed by atoms with van der Waals surface area (Å²) in [6.45, 7) is 3.93. The largest absolute Gasteiger partial charge is 0.491 e. The van der Waals surface area contributed by atoms with Crippen LogP contribution in [0.1, 0.15) is 24.3 Å². The fourth-order valence-corrected chi connectivity index (χ4v) is 2.27. The first-order chi connectivity index (χ1) is 12.6. The number of benzene rings is 2. The minimum atomic E-state index is -0.318. The minimum absolute atomic E-state index is 0.105. The summed E-state index contributed by atoms with van der Waals surface area (Å²) in [4.78, 5) is 12.3. The molecule has 1 aromatic heterocycles. The van der Waals surface area contributed by atoms with Crippen molar-refractivity contribution in [3.05, 3.63) is 72.4 Å². The summed E-state index contributed by atoms with van der Waals surface area (Å²) in [5.74, 6) is 1.01. The Bertz CT molecular complexity index is 847. The molecule has 132 valence electrons. The SMILES string of the molecule is CC(C)Oc1ccc(NC(=O)c2ccc(Nc3ccccc3)nn2)cc1. The maximum absolute atomic E-state index is 12.3. The zero-order valence-electron chi connectivity index (χ0n) is 14.6. The van der Waals surface area contributed by atoms with Crippen molar-refractivity contribution in [2.45, 2.75) is 20.0 Å². The number of carbonyl (C=O) groups is 1. The van der Waals surface area contributed by atoms with Gasteiger partial charge in [0.15, 0.2) is 11.5 Å². The van der Waals surface area contributed by atoms with Crippen molar-refractivity contribution in [2.75, 3.05) is 10.6 Å². The molecule has 26 heavy (non-hydrogen) atoms. The van der Waals surface area contributed by atoms with Crippen molar-refractivity contribution >= 4 is 23.1 Å². The van der Waals surface area contributed by atoms with Crippen molar-refractivity contribution in [3.8, 4) is 5.75 Å². The minimum Gasteiger partial charge on any atom is -0.491 e. The van der Waals surface area contributed by atoms with Crippen molar-refractivity contribution in [1.29, 1.82) is 0 Å². The van der Waals surface area contributed by atoms with Crippen LogP contribution in [0.5, 0.6) is 5.75 Å². The number of rotatable bonds is 6. The predicted octanol–water partition coefficient (Wildman–Crippen LogP) is 4.26. The van der Waals surface area contributed by atoms with Gasteiger partial charge in [-0.3, -0.25) is 4.79 Å². The van der Waals surface area contributed by atoms with Crippen LogP contribution in [0, 0.1) is 0 Å². The Morgan fingerprint density at radius 2 is 1.62 bits per heavy atom. The molecular weight excluding hydrogens is 328 g/mol. The van der Waals surface area contributed by atoms with Crippen molar-refractivity contribution in [2.24, 2.45) is 0 Å². The molecule has 1 heterocycles. The van der Waals surface area contributed by atoms with Gasteiger partial charge in [0.1, 0.15) is 5.75 Å². The van der Waals surface area contributed by atoms with E-state index in [1.807, 2.05) is 56.3 Å². The molecule has 2 N–H and O–H groups in total. The molecule has 0 unspecified atom stereocenters. The number of para-hydroxylation sites is 1. The summed E-state index contributed by atoms with van der Waals surface area (Å²) in [6, 6.07) is 20.2. The van der Waals surface area contributed by atoms with E-state index in [1.165, 1.54) is 0 Å². The summed E-state index contributed by atoms with van der Waals surface area (Å²) in [6.07, 6.45) is 0.105. The second kappa shape index (κ2) is 8.11. The average Bonchev–Trinajstić information content (AvgIpc) is 2.64. The van der Waals surface area contributed by atoms with Gasteiger partial charge in [0.25, 0.3) is 5.91 Å². The number of nitrogens with zero attached hydrogens (tertiary/aromatic N) is 2. The molecular formula is C20H20N4O2. The Balaban J connectivity index is 1.61. The lowest BCUT2D eigenvalue weighted by molar-refractivity contribution is 0.102. The third-order valence-electron chi connectivity index (χ3n) is 3.43. The molecule has 0 spiro atoms. The van der Waals surface area contributed by atoms with E-state index in [9.17, 15) is 4.79 Å². The predicted molar refractivity (Wildman–Crippen MR) is 102 cm³/mol. The molecule has 0 aliphatic carbocycles. The van der Waals surface area contributed by atoms with E-state index in [1.54, 1.807) is 24.3 Å². The number of nitrogens with one attached hydrogen (secondary N) is 2. The first-order valence-electron chi connectivity index (χ1n) is 8.34. The summed E-state index contributed by atoms with van der Waals surface area (Å²) in [5, 5.41) is 13.9. The van der Waals surface area contributed by atoms with Gasteiger partial charge in [-0.2, -0.15) is 0 Å². The molecule has 6 nitrogen and oxygen atoms in total. The second-order valence-electron chi connectivity index (χ2n) is 5.94. The number of amides is 1. The molecule has 0 atom stereocenters. The van der Waals surface area contributed by atoms with Gasteiger partial charge in [0.05, 0.1) is 6.10 Å². The summed E-state index contributed by atoms with van der Waals surface area (Å²) >= 11 is 0. The fourth-order valence-electron chi connectivity index (χ4n) is 2.27. The first-order valence-corrected chi connectivity index (χ1v) is 8.34. The highest BCUT2D eigenvalue weighted by molar-refractivity contribution is 6.02. The van der Waals surface area contributed by atoms with Crippen LogP contribution in [-0.2, 0) is 0 Å². The zero-order valence-corrected chi connectivity index (χ0v) is 14.6. The van der Waals surface area contributed by atoms with E-state index in [-0.39, 0.29) is 17.7 Å². The third-order valence-corrected chi connectivity index (χ3v) is 3.43. The lowest BCUT2D eigenvalue weighted by Crippen LogP contribution is -2.14. The smallest absolute Gasteiger partial charge is 0.276 e. The molecule has 0 saturated heterocycles. The highest BCUT2D eigenvalue weighted by Gasteiger charge is 2.09. The molecule has 0 aliphatic heterocycles. The molecule has 0 aliphatic rings. The fraction of sp³-hybridized carbons (Fsp3) is 0.150. The van der Waals surface area contributed by atoms with Gasteiger partial charge in [-0.15, -0.1) is 10.2 Å². The van der Waals surface area contributed by atoms with Gasteiger partial charge in [0.2, 0.25) is 0 Å². The summed E-state index contributed by atoms with van der Waals surface area (Å²) in [5.41, 5.74) is 1.81. The Kier molecular flexibility index (Phi) is 5.43. The Labute approximate surface area is 152 Å². The molecule has 2 aromatic carbocycles. The molecule has 1 amide bonds. The molecule has 3 rings (SSSR count). The lowest BCUT2D eigenvalue weighted by Gasteiger charge is -2.10. The molecule has 3 aromatic rings. The third kappa shape index (κ3) is 4.80. The summed E-state index contributed by atoms with van der Waals surface area (Å²) in [7, 11) is 0. The van der Waals surface area contributed by atoms with E-state index >= 15 is 0 Å². The quantitative estimate of drug-likeness (QED) is 0.696. The van der Waals surface area contributed by atoms with E-state index in [0.29, 0.717) is 11.5 Å². The van der Waals surface area contributed by atoms with E-state index in [0.717, 1.165) is 11.4 Å². The molecule has 0 saturated carbocycles. The average molecular weight is 348 g/mol. The van der Waals surface area contributed by atoms with Crippen molar-refractivity contribution in [1.82, 2.24) is 10.2 Å². The van der Waals surface area contributed by atoms with E-state index < -0.39 is 0 Å². The van der Waals surface area contributed by atoms with Gasteiger partial charge < -0.3 is 15.4 Å².